The Hall–Kier alpha value is -2.29. The molecule has 1 amide bonds. The Morgan fingerprint density at radius 2 is 1.67 bits per heavy atom. The van der Waals surface area contributed by atoms with Crippen molar-refractivity contribution in [3.63, 3.8) is 0 Å². The predicted molar refractivity (Wildman–Crippen MR) is 73.1 cm³/mol. The number of carbonyl (C=O) groups excluding carboxylic acids is 1. The van der Waals surface area contributed by atoms with E-state index in [1.54, 1.807) is 0 Å². The van der Waals surface area contributed by atoms with Gasteiger partial charge in [-0.25, -0.2) is 0 Å². The molecule has 0 aliphatic carbocycles. The lowest BCUT2D eigenvalue weighted by molar-refractivity contribution is -0.119. The molecular formula is C15H16N2O. The summed E-state index contributed by atoms with van der Waals surface area (Å²) in [6.07, 6.45) is 0.375. The molecule has 0 spiro atoms. The summed E-state index contributed by atoms with van der Waals surface area (Å²) in [4.78, 5) is 11.7. The van der Waals surface area contributed by atoms with Gasteiger partial charge >= 0.3 is 0 Å². The molecule has 0 unspecified atom stereocenters. The maximum atomic E-state index is 11.7. The standard InChI is InChI=1S/C15H16N2O/c1-12-7-9-13(10-8-12)11-15(18)17-16-14-5-3-2-4-6-14/h2-10,16H,11H2,1H3,(H,17,18). The number of hydrazine groups is 1. The summed E-state index contributed by atoms with van der Waals surface area (Å²) in [6, 6.07) is 17.5. The highest BCUT2D eigenvalue weighted by Crippen LogP contribution is 2.05. The van der Waals surface area contributed by atoms with Crippen LogP contribution >= 0.6 is 0 Å². The zero-order valence-electron chi connectivity index (χ0n) is 10.3. The van der Waals surface area contributed by atoms with E-state index in [1.165, 1.54) is 5.56 Å². The summed E-state index contributed by atoms with van der Waals surface area (Å²) < 4.78 is 0. The topological polar surface area (TPSA) is 41.1 Å². The van der Waals surface area contributed by atoms with E-state index in [0.29, 0.717) is 6.42 Å². The molecule has 2 N–H and O–H groups in total. The lowest BCUT2D eigenvalue weighted by Gasteiger charge is -2.08. The van der Waals surface area contributed by atoms with Gasteiger partial charge in [-0.3, -0.25) is 15.6 Å². The molecule has 2 aromatic carbocycles. The maximum Gasteiger partial charge on any atom is 0.242 e. The number of benzene rings is 2. The largest absolute Gasteiger partial charge is 0.299 e. The Bertz CT molecular complexity index is 506. The van der Waals surface area contributed by atoms with E-state index in [4.69, 9.17) is 0 Å². The number of para-hydroxylation sites is 1. The predicted octanol–water partition coefficient (Wildman–Crippen LogP) is 2.68. The third-order valence-electron chi connectivity index (χ3n) is 2.61. The van der Waals surface area contributed by atoms with Crippen LogP contribution in [0.1, 0.15) is 11.1 Å². The lowest BCUT2D eigenvalue weighted by atomic mass is 10.1. The van der Waals surface area contributed by atoms with Crippen LogP contribution in [0.5, 0.6) is 0 Å². The quantitative estimate of drug-likeness (QED) is 0.807. The molecule has 0 saturated heterocycles. The Labute approximate surface area is 107 Å². The van der Waals surface area contributed by atoms with Crippen LogP contribution in [0.3, 0.4) is 0 Å². The molecule has 0 saturated carbocycles. The van der Waals surface area contributed by atoms with E-state index >= 15 is 0 Å². The number of aryl methyl sites for hydroxylation is 1. The van der Waals surface area contributed by atoms with E-state index in [2.05, 4.69) is 10.9 Å². The third-order valence-corrected chi connectivity index (χ3v) is 2.61. The second kappa shape index (κ2) is 5.87. The minimum absolute atomic E-state index is 0.0530. The Morgan fingerprint density at radius 3 is 2.33 bits per heavy atom. The Balaban J connectivity index is 1.84. The lowest BCUT2D eigenvalue weighted by Crippen LogP contribution is -2.30. The maximum absolute atomic E-state index is 11.7. The first-order valence-electron chi connectivity index (χ1n) is 5.89. The molecule has 2 rings (SSSR count). The second-order valence-corrected chi connectivity index (χ2v) is 4.20. The minimum atomic E-state index is -0.0530. The van der Waals surface area contributed by atoms with E-state index in [0.717, 1.165) is 11.3 Å². The van der Waals surface area contributed by atoms with Crippen LogP contribution in [-0.4, -0.2) is 5.91 Å². The zero-order valence-corrected chi connectivity index (χ0v) is 10.3. The first-order chi connectivity index (χ1) is 8.74. The fourth-order valence-corrected chi connectivity index (χ4v) is 1.60. The summed E-state index contributed by atoms with van der Waals surface area (Å²) in [5, 5.41) is 0. The molecule has 0 fully saturated rings. The van der Waals surface area contributed by atoms with Crippen LogP contribution < -0.4 is 10.9 Å². The first-order valence-corrected chi connectivity index (χ1v) is 5.89. The smallest absolute Gasteiger partial charge is 0.242 e. The van der Waals surface area contributed by atoms with Crippen LogP contribution in [0.4, 0.5) is 5.69 Å². The normalized spacial score (nSPS) is 9.83. The molecular weight excluding hydrogens is 224 g/mol. The van der Waals surface area contributed by atoms with E-state index in [-0.39, 0.29) is 5.91 Å². The average Bonchev–Trinajstić information content (AvgIpc) is 2.40. The molecule has 2 aromatic rings. The van der Waals surface area contributed by atoms with Gasteiger partial charge in [0.1, 0.15) is 0 Å². The molecule has 0 bridgehead atoms. The van der Waals surface area contributed by atoms with Gasteiger partial charge in [0.2, 0.25) is 5.91 Å². The summed E-state index contributed by atoms with van der Waals surface area (Å²) in [5.41, 5.74) is 8.62. The zero-order chi connectivity index (χ0) is 12.8. The highest BCUT2D eigenvalue weighted by molar-refractivity contribution is 5.79. The van der Waals surface area contributed by atoms with Crippen molar-refractivity contribution in [2.75, 3.05) is 5.43 Å². The van der Waals surface area contributed by atoms with Gasteiger partial charge in [0.15, 0.2) is 0 Å². The number of anilines is 1. The summed E-state index contributed by atoms with van der Waals surface area (Å²) >= 11 is 0. The second-order valence-electron chi connectivity index (χ2n) is 4.20. The fraction of sp³-hybridized carbons (Fsp3) is 0.133. The number of hydrogen-bond acceptors (Lipinski definition) is 2. The Kier molecular flexibility index (Phi) is 3.97. The van der Waals surface area contributed by atoms with E-state index < -0.39 is 0 Å². The highest BCUT2D eigenvalue weighted by Gasteiger charge is 2.02. The van der Waals surface area contributed by atoms with E-state index in [1.807, 2.05) is 61.5 Å². The van der Waals surface area contributed by atoms with Crippen molar-refractivity contribution in [3.05, 3.63) is 65.7 Å². The number of carbonyl (C=O) groups is 1. The van der Waals surface area contributed by atoms with Crippen molar-refractivity contribution in [3.8, 4) is 0 Å². The SMILES string of the molecule is Cc1ccc(CC(=O)NNc2ccccc2)cc1. The van der Waals surface area contributed by atoms with Crippen molar-refractivity contribution in [1.82, 2.24) is 5.43 Å². The summed E-state index contributed by atoms with van der Waals surface area (Å²) in [6.45, 7) is 2.03. The molecule has 0 radical (unpaired) electrons. The van der Waals surface area contributed by atoms with Crippen LogP contribution in [0.2, 0.25) is 0 Å². The van der Waals surface area contributed by atoms with Gasteiger partial charge in [-0.1, -0.05) is 48.0 Å². The first kappa shape index (κ1) is 12.2. The molecule has 0 aliphatic heterocycles. The van der Waals surface area contributed by atoms with Gasteiger partial charge in [-0.15, -0.1) is 0 Å². The fourth-order valence-electron chi connectivity index (χ4n) is 1.60. The van der Waals surface area contributed by atoms with Crippen LogP contribution in [0.15, 0.2) is 54.6 Å². The van der Waals surface area contributed by atoms with Gasteiger partial charge in [-0.05, 0) is 24.6 Å². The van der Waals surface area contributed by atoms with Crippen LogP contribution in [0.25, 0.3) is 0 Å². The molecule has 0 atom stereocenters. The molecule has 0 heterocycles. The molecule has 0 aromatic heterocycles. The van der Waals surface area contributed by atoms with Crippen molar-refractivity contribution in [1.29, 1.82) is 0 Å². The van der Waals surface area contributed by atoms with Gasteiger partial charge in [0.25, 0.3) is 0 Å². The van der Waals surface area contributed by atoms with Crippen molar-refractivity contribution < 1.29 is 4.79 Å². The minimum Gasteiger partial charge on any atom is -0.299 e. The Morgan fingerprint density at radius 1 is 1.00 bits per heavy atom. The monoisotopic (exact) mass is 240 g/mol. The van der Waals surface area contributed by atoms with Crippen LogP contribution in [0, 0.1) is 6.92 Å². The number of nitrogens with one attached hydrogen (secondary N) is 2. The van der Waals surface area contributed by atoms with Crippen molar-refractivity contribution >= 4 is 11.6 Å². The third kappa shape index (κ3) is 3.63. The molecule has 18 heavy (non-hydrogen) atoms. The molecule has 3 heteroatoms. The van der Waals surface area contributed by atoms with Crippen molar-refractivity contribution in [2.24, 2.45) is 0 Å². The van der Waals surface area contributed by atoms with Crippen molar-refractivity contribution in [2.45, 2.75) is 13.3 Å². The summed E-state index contributed by atoms with van der Waals surface area (Å²) in [5.74, 6) is -0.0530. The average molecular weight is 240 g/mol. The van der Waals surface area contributed by atoms with Gasteiger partial charge in [-0.2, -0.15) is 0 Å². The van der Waals surface area contributed by atoms with Crippen LogP contribution in [-0.2, 0) is 11.2 Å². The van der Waals surface area contributed by atoms with Gasteiger partial charge < -0.3 is 0 Å². The number of amides is 1. The van der Waals surface area contributed by atoms with Gasteiger partial charge in [0.05, 0.1) is 12.1 Å². The molecule has 0 aliphatic rings. The number of hydrogen-bond donors (Lipinski definition) is 2. The molecule has 3 nitrogen and oxygen atoms in total. The highest BCUT2D eigenvalue weighted by atomic mass is 16.2. The van der Waals surface area contributed by atoms with Gasteiger partial charge in [0, 0.05) is 0 Å². The molecule has 92 valence electrons. The van der Waals surface area contributed by atoms with E-state index in [9.17, 15) is 4.79 Å². The number of rotatable bonds is 4. The summed E-state index contributed by atoms with van der Waals surface area (Å²) in [7, 11) is 0.